The zero-order valence-corrected chi connectivity index (χ0v) is 33.4. The molecule has 0 radical (unpaired) electrons. The SMILES string of the molecule is Cc1ccc(-c2nc(-c3ccc(C)cc3)nc(-c3cc4c5cc(C(C)(C)C)ccc5n(-c5cc(C)ccn5)c4cc3Oc3cccc(N4C=CN(C)C4)c3)n2)cc1. The Balaban J connectivity index is 1.33. The molecule has 4 heterocycles. The third-order valence-electron chi connectivity index (χ3n) is 10.6. The molecule has 0 aliphatic carbocycles. The number of hydrogen-bond donors (Lipinski definition) is 0. The Labute approximate surface area is 333 Å². The van der Waals surface area contributed by atoms with E-state index in [0.717, 1.165) is 62.2 Å². The Bertz CT molecular complexity index is 2770. The first kappa shape index (κ1) is 35.9. The largest absolute Gasteiger partial charge is 0.456 e. The van der Waals surface area contributed by atoms with Crippen molar-refractivity contribution >= 4 is 27.5 Å². The highest BCUT2D eigenvalue weighted by molar-refractivity contribution is 6.11. The Morgan fingerprint density at radius 3 is 1.91 bits per heavy atom. The molecule has 0 N–H and O–H groups in total. The lowest BCUT2D eigenvalue weighted by atomic mass is 9.86. The molecule has 1 aliphatic rings. The second-order valence-electron chi connectivity index (χ2n) is 16.2. The Morgan fingerprint density at radius 2 is 1.28 bits per heavy atom. The van der Waals surface area contributed by atoms with Crippen LogP contribution in [0.25, 0.3) is 61.8 Å². The fraction of sp³-hybridized carbons (Fsp3) is 0.184. The van der Waals surface area contributed by atoms with Crippen LogP contribution in [-0.2, 0) is 5.41 Å². The lowest BCUT2D eigenvalue weighted by Gasteiger charge is -2.19. The lowest BCUT2D eigenvalue weighted by molar-refractivity contribution is 0.482. The molecule has 8 aromatic rings. The van der Waals surface area contributed by atoms with Crippen molar-refractivity contribution in [3.8, 4) is 51.5 Å². The van der Waals surface area contributed by atoms with E-state index in [0.29, 0.717) is 29.0 Å². The summed E-state index contributed by atoms with van der Waals surface area (Å²) in [6.07, 6.45) is 6.03. The number of ether oxygens (including phenoxy) is 1. The van der Waals surface area contributed by atoms with Crippen molar-refractivity contribution < 1.29 is 4.74 Å². The summed E-state index contributed by atoms with van der Waals surface area (Å²) in [4.78, 5) is 24.7. The molecule has 0 fully saturated rings. The minimum atomic E-state index is -0.0550. The van der Waals surface area contributed by atoms with E-state index in [1.54, 1.807) is 0 Å². The zero-order chi connectivity index (χ0) is 39.4. The van der Waals surface area contributed by atoms with E-state index in [-0.39, 0.29) is 5.41 Å². The van der Waals surface area contributed by atoms with Gasteiger partial charge in [-0.15, -0.1) is 0 Å². The van der Waals surface area contributed by atoms with Gasteiger partial charge in [0.15, 0.2) is 17.5 Å². The van der Waals surface area contributed by atoms with Gasteiger partial charge in [0, 0.05) is 65.4 Å². The highest BCUT2D eigenvalue weighted by Crippen LogP contribution is 2.43. The Kier molecular flexibility index (Phi) is 8.84. The van der Waals surface area contributed by atoms with Crippen LogP contribution in [0.5, 0.6) is 11.5 Å². The molecule has 282 valence electrons. The first-order valence-electron chi connectivity index (χ1n) is 19.4. The smallest absolute Gasteiger partial charge is 0.167 e. The Hall–Kier alpha value is -6.80. The van der Waals surface area contributed by atoms with Gasteiger partial charge in [0.1, 0.15) is 17.3 Å². The number of hydrogen-bond acceptors (Lipinski definition) is 7. The molecular weight excluding hydrogens is 703 g/mol. The van der Waals surface area contributed by atoms with E-state index in [9.17, 15) is 0 Å². The summed E-state index contributed by atoms with van der Waals surface area (Å²) in [6.45, 7) is 13.8. The number of benzene rings is 5. The zero-order valence-electron chi connectivity index (χ0n) is 33.4. The molecule has 57 heavy (non-hydrogen) atoms. The minimum Gasteiger partial charge on any atom is -0.456 e. The summed E-state index contributed by atoms with van der Waals surface area (Å²) in [5.74, 6) is 3.87. The molecule has 8 heteroatoms. The van der Waals surface area contributed by atoms with Gasteiger partial charge in [-0.2, -0.15) is 0 Å². The second-order valence-corrected chi connectivity index (χ2v) is 16.2. The molecule has 8 nitrogen and oxygen atoms in total. The lowest BCUT2D eigenvalue weighted by Crippen LogP contribution is -2.21. The number of fused-ring (bicyclic) bond motifs is 3. The summed E-state index contributed by atoms with van der Waals surface area (Å²) >= 11 is 0. The number of aromatic nitrogens is 5. The maximum absolute atomic E-state index is 7.01. The molecule has 0 unspecified atom stereocenters. The fourth-order valence-corrected chi connectivity index (χ4v) is 7.37. The molecule has 0 amide bonds. The number of aryl methyl sites for hydroxylation is 3. The van der Waals surface area contributed by atoms with E-state index < -0.39 is 0 Å². The van der Waals surface area contributed by atoms with E-state index in [4.69, 9.17) is 24.7 Å². The average Bonchev–Trinajstić information content (AvgIpc) is 3.78. The van der Waals surface area contributed by atoms with Crippen molar-refractivity contribution in [1.82, 2.24) is 29.4 Å². The van der Waals surface area contributed by atoms with Crippen molar-refractivity contribution in [2.24, 2.45) is 0 Å². The van der Waals surface area contributed by atoms with Crippen LogP contribution in [0.3, 0.4) is 0 Å². The van der Waals surface area contributed by atoms with Gasteiger partial charge in [-0.05, 0) is 79.8 Å². The van der Waals surface area contributed by atoms with Crippen LogP contribution in [0, 0.1) is 20.8 Å². The van der Waals surface area contributed by atoms with E-state index in [2.05, 4.69) is 172 Å². The van der Waals surface area contributed by atoms with E-state index in [1.807, 2.05) is 24.4 Å². The highest BCUT2D eigenvalue weighted by Gasteiger charge is 2.24. The number of anilines is 1. The second kappa shape index (κ2) is 14.0. The normalized spacial score (nSPS) is 13.0. The van der Waals surface area contributed by atoms with Crippen LogP contribution in [0.1, 0.15) is 43.0 Å². The van der Waals surface area contributed by atoms with Crippen LogP contribution in [0.2, 0.25) is 0 Å². The third-order valence-corrected chi connectivity index (χ3v) is 10.6. The Morgan fingerprint density at radius 1 is 0.614 bits per heavy atom. The van der Waals surface area contributed by atoms with Gasteiger partial charge in [0.25, 0.3) is 0 Å². The fourth-order valence-electron chi connectivity index (χ4n) is 7.37. The van der Waals surface area contributed by atoms with Gasteiger partial charge in [-0.3, -0.25) is 4.57 Å². The highest BCUT2D eigenvalue weighted by atomic mass is 16.5. The van der Waals surface area contributed by atoms with Gasteiger partial charge in [0.05, 0.1) is 23.3 Å². The number of pyridine rings is 1. The maximum Gasteiger partial charge on any atom is 0.167 e. The maximum atomic E-state index is 7.01. The van der Waals surface area contributed by atoms with Gasteiger partial charge in [-0.25, -0.2) is 19.9 Å². The number of rotatable bonds is 7. The third kappa shape index (κ3) is 6.99. The van der Waals surface area contributed by atoms with E-state index >= 15 is 0 Å². The van der Waals surface area contributed by atoms with Crippen LogP contribution < -0.4 is 9.64 Å². The van der Waals surface area contributed by atoms with Crippen molar-refractivity contribution in [3.05, 3.63) is 156 Å². The molecule has 1 aliphatic heterocycles. The predicted molar refractivity (Wildman–Crippen MR) is 232 cm³/mol. The summed E-state index contributed by atoms with van der Waals surface area (Å²) in [7, 11) is 2.06. The van der Waals surface area contributed by atoms with Gasteiger partial charge in [-0.1, -0.05) is 92.6 Å². The van der Waals surface area contributed by atoms with Crippen LogP contribution in [0.4, 0.5) is 5.69 Å². The van der Waals surface area contributed by atoms with Gasteiger partial charge >= 0.3 is 0 Å². The molecular formula is C49H45N7O. The molecule has 0 spiro atoms. The van der Waals surface area contributed by atoms with E-state index in [1.165, 1.54) is 16.7 Å². The quantitative estimate of drug-likeness (QED) is 0.161. The molecule has 5 aromatic carbocycles. The van der Waals surface area contributed by atoms with Crippen LogP contribution >= 0.6 is 0 Å². The monoisotopic (exact) mass is 747 g/mol. The van der Waals surface area contributed by atoms with Crippen molar-refractivity contribution in [1.29, 1.82) is 0 Å². The average molecular weight is 748 g/mol. The minimum absolute atomic E-state index is 0.0550. The molecule has 0 saturated heterocycles. The predicted octanol–water partition coefficient (Wildman–Crippen LogP) is 11.6. The van der Waals surface area contributed by atoms with Gasteiger partial charge in [0.2, 0.25) is 0 Å². The summed E-state index contributed by atoms with van der Waals surface area (Å²) in [5, 5.41) is 2.17. The number of nitrogens with zero attached hydrogens (tertiary/aromatic N) is 7. The first-order valence-corrected chi connectivity index (χ1v) is 19.4. The molecule has 3 aromatic heterocycles. The standard InChI is InChI=1S/C49H45N7O/c1-31-11-15-34(16-12-31)46-51-47(35-17-13-32(2)14-18-35)53-48(52-46)41-28-40-39-26-36(49(4,5)6)19-20-42(39)56(45-25-33(3)21-22-50-45)43(40)29-44(41)57-38-10-8-9-37(27-38)55-24-23-54(7)30-55/h8-29H,30H2,1-7H3. The molecule has 9 rings (SSSR count). The van der Waals surface area contributed by atoms with Gasteiger partial charge < -0.3 is 14.5 Å². The molecule has 0 bridgehead atoms. The first-order chi connectivity index (χ1) is 27.5. The van der Waals surface area contributed by atoms with Crippen LogP contribution in [0.15, 0.2) is 134 Å². The molecule has 0 saturated carbocycles. The topological polar surface area (TPSA) is 72.2 Å². The van der Waals surface area contributed by atoms with Crippen molar-refractivity contribution in [3.63, 3.8) is 0 Å². The van der Waals surface area contributed by atoms with Crippen LogP contribution in [-0.4, -0.2) is 43.1 Å². The molecule has 0 atom stereocenters. The summed E-state index contributed by atoms with van der Waals surface area (Å²) < 4.78 is 9.25. The van der Waals surface area contributed by atoms with Crippen molar-refractivity contribution in [2.75, 3.05) is 18.6 Å². The summed E-state index contributed by atoms with van der Waals surface area (Å²) in [6, 6.07) is 40.1. The summed E-state index contributed by atoms with van der Waals surface area (Å²) in [5.41, 5.74) is 10.3. The van der Waals surface area contributed by atoms with Crippen molar-refractivity contribution in [2.45, 2.75) is 47.0 Å².